The maximum Gasteiger partial charge on any atom is 0.287 e. The van der Waals surface area contributed by atoms with Crippen LogP contribution in [0.15, 0.2) is 12.1 Å². The largest absolute Gasteiger partial charge is 0.389 e. The van der Waals surface area contributed by atoms with Crippen molar-refractivity contribution in [2.45, 2.75) is 13.0 Å². The lowest BCUT2D eigenvalue weighted by Crippen LogP contribution is -2.27. The first-order chi connectivity index (χ1) is 6.66. The van der Waals surface area contributed by atoms with Gasteiger partial charge in [0.2, 0.25) is 0 Å². The normalized spacial score (nSPS) is 21.6. The average molecular weight is 213 g/mol. The number of carbonyl (C=O) groups is 1. The van der Waals surface area contributed by atoms with E-state index in [1.54, 1.807) is 6.07 Å². The van der Waals surface area contributed by atoms with E-state index in [1.165, 1.54) is 16.4 Å². The second-order valence-electron chi connectivity index (χ2n) is 3.23. The zero-order valence-corrected chi connectivity index (χ0v) is 8.58. The third-order valence-corrected chi connectivity index (χ3v) is 2.97. The van der Waals surface area contributed by atoms with Crippen LogP contribution in [0.2, 0.25) is 0 Å². The monoisotopic (exact) mass is 213 g/mol. The van der Waals surface area contributed by atoms with E-state index >= 15 is 0 Å². The van der Waals surface area contributed by atoms with Gasteiger partial charge < -0.3 is 5.11 Å². The van der Waals surface area contributed by atoms with E-state index in [0.717, 1.165) is 4.88 Å². The van der Waals surface area contributed by atoms with E-state index in [-0.39, 0.29) is 19.1 Å². The zero-order valence-electron chi connectivity index (χ0n) is 7.77. The van der Waals surface area contributed by atoms with Crippen LogP contribution in [0.5, 0.6) is 0 Å². The van der Waals surface area contributed by atoms with Crippen LogP contribution in [-0.4, -0.2) is 35.3 Å². The minimum absolute atomic E-state index is 0.167. The molecule has 0 bridgehead atoms. The SMILES string of the molecule is Cc1ccc(C(=O)N2C[C@H](O)CO2)s1. The summed E-state index contributed by atoms with van der Waals surface area (Å²) in [6.45, 7) is 2.41. The summed E-state index contributed by atoms with van der Waals surface area (Å²) in [5.74, 6) is -0.167. The molecule has 5 heteroatoms. The number of aliphatic hydroxyl groups is 1. The Labute approximate surface area is 85.7 Å². The van der Waals surface area contributed by atoms with Crippen molar-refractivity contribution in [2.24, 2.45) is 0 Å². The summed E-state index contributed by atoms with van der Waals surface area (Å²) in [6.07, 6.45) is -0.556. The number of carbonyl (C=O) groups excluding carboxylic acids is 1. The summed E-state index contributed by atoms with van der Waals surface area (Å²) in [5.41, 5.74) is 0. The zero-order chi connectivity index (χ0) is 10.1. The molecule has 1 saturated heterocycles. The Balaban J connectivity index is 2.09. The van der Waals surface area contributed by atoms with Crippen molar-refractivity contribution in [1.82, 2.24) is 5.06 Å². The van der Waals surface area contributed by atoms with Crippen molar-refractivity contribution in [3.63, 3.8) is 0 Å². The Morgan fingerprint density at radius 3 is 3.00 bits per heavy atom. The standard InChI is InChI=1S/C9H11NO3S/c1-6-2-3-8(14-6)9(12)10-4-7(11)5-13-10/h2-3,7,11H,4-5H2,1H3/t7-/m0/s1. The molecule has 0 radical (unpaired) electrons. The van der Waals surface area contributed by atoms with Gasteiger partial charge in [-0.05, 0) is 19.1 Å². The molecule has 0 aliphatic carbocycles. The molecule has 0 unspecified atom stereocenters. The number of rotatable bonds is 1. The molecule has 0 saturated carbocycles. The molecule has 76 valence electrons. The molecule has 1 N–H and O–H groups in total. The van der Waals surface area contributed by atoms with Gasteiger partial charge in [0.25, 0.3) is 5.91 Å². The lowest BCUT2D eigenvalue weighted by atomic mass is 10.3. The molecule has 1 aromatic heterocycles. The van der Waals surface area contributed by atoms with Gasteiger partial charge in [0, 0.05) is 4.88 Å². The fourth-order valence-electron chi connectivity index (χ4n) is 1.29. The van der Waals surface area contributed by atoms with Crippen molar-refractivity contribution in [2.75, 3.05) is 13.2 Å². The molecule has 4 nitrogen and oxygen atoms in total. The highest BCUT2D eigenvalue weighted by Gasteiger charge is 2.27. The Morgan fingerprint density at radius 2 is 2.50 bits per heavy atom. The molecule has 1 aliphatic rings. The van der Waals surface area contributed by atoms with Crippen LogP contribution in [0.25, 0.3) is 0 Å². The lowest BCUT2D eigenvalue weighted by Gasteiger charge is -2.11. The average Bonchev–Trinajstić information content (AvgIpc) is 2.73. The Kier molecular flexibility index (Phi) is 2.54. The molecule has 14 heavy (non-hydrogen) atoms. The first kappa shape index (κ1) is 9.64. The first-order valence-electron chi connectivity index (χ1n) is 4.36. The van der Waals surface area contributed by atoms with Gasteiger partial charge in [-0.15, -0.1) is 11.3 Å². The smallest absolute Gasteiger partial charge is 0.287 e. The summed E-state index contributed by atoms with van der Waals surface area (Å²) >= 11 is 1.43. The van der Waals surface area contributed by atoms with Gasteiger partial charge in [-0.2, -0.15) is 0 Å². The summed E-state index contributed by atoms with van der Waals surface area (Å²) in [6, 6.07) is 3.67. The molecular weight excluding hydrogens is 202 g/mol. The summed E-state index contributed by atoms with van der Waals surface area (Å²) in [7, 11) is 0. The van der Waals surface area contributed by atoms with E-state index in [2.05, 4.69) is 0 Å². The van der Waals surface area contributed by atoms with E-state index in [0.29, 0.717) is 4.88 Å². The molecule has 1 fully saturated rings. The second-order valence-corrected chi connectivity index (χ2v) is 4.51. The third kappa shape index (κ3) is 1.79. The molecule has 2 rings (SSSR count). The Morgan fingerprint density at radius 1 is 1.71 bits per heavy atom. The van der Waals surface area contributed by atoms with Gasteiger partial charge in [-0.25, -0.2) is 5.06 Å². The van der Waals surface area contributed by atoms with Crippen molar-refractivity contribution >= 4 is 17.2 Å². The van der Waals surface area contributed by atoms with Gasteiger partial charge in [-0.1, -0.05) is 0 Å². The molecular formula is C9H11NO3S. The van der Waals surface area contributed by atoms with Gasteiger partial charge in [0.05, 0.1) is 11.4 Å². The van der Waals surface area contributed by atoms with Crippen molar-refractivity contribution in [1.29, 1.82) is 0 Å². The van der Waals surface area contributed by atoms with Crippen LogP contribution >= 0.6 is 11.3 Å². The number of hydrogen-bond acceptors (Lipinski definition) is 4. The topological polar surface area (TPSA) is 49.8 Å². The van der Waals surface area contributed by atoms with E-state index < -0.39 is 6.10 Å². The molecule has 1 aliphatic heterocycles. The highest BCUT2D eigenvalue weighted by atomic mass is 32.1. The Bertz CT molecular complexity index is 350. The minimum atomic E-state index is -0.556. The van der Waals surface area contributed by atoms with Crippen LogP contribution in [-0.2, 0) is 4.84 Å². The predicted molar refractivity (Wildman–Crippen MR) is 52.1 cm³/mol. The number of nitrogens with zero attached hydrogens (tertiary/aromatic N) is 1. The number of aliphatic hydroxyl groups excluding tert-OH is 1. The Hall–Kier alpha value is -0.910. The number of β-amino-alcohol motifs (C(OH)–C–C–N with tert-alkyl or cyclic N) is 1. The maximum absolute atomic E-state index is 11.7. The first-order valence-corrected chi connectivity index (χ1v) is 5.18. The highest BCUT2D eigenvalue weighted by Crippen LogP contribution is 2.19. The molecule has 1 atom stereocenters. The van der Waals surface area contributed by atoms with Crippen LogP contribution < -0.4 is 0 Å². The summed E-state index contributed by atoms with van der Waals surface area (Å²) in [5, 5.41) is 10.4. The van der Waals surface area contributed by atoms with Crippen LogP contribution in [0.3, 0.4) is 0 Å². The number of aryl methyl sites for hydroxylation is 1. The molecule has 0 aromatic carbocycles. The third-order valence-electron chi connectivity index (χ3n) is 1.98. The summed E-state index contributed by atoms with van der Waals surface area (Å²) < 4.78 is 0. The molecule has 1 amide bonds. The number of hydroxylamine groups is 2. The van der Waals surface area contributed by atoms with Gasteiger partial charge in [0.15, 0.2) is 0 Å². The van der Waals surface area contributed by atoms with Crippen molar-refractivity contribution < 1.29 is 14.7 Å². The molecule has 1 aromatic rings. The number of amides is 1. The quantitative estimate of drug-likeness (QED) is 0.751. The summed E-state index contributed by atoms with van der Waals surface area (Å²) in [4.78, 5) is 18.5. The second kappa shape index (κ2) is 3.68. The lowest BCUT2D eigenvalue weighted by molar-refractivity contribution is -0.0776. The minimum Gasteiger partial charge on any atom is -0.389 e. The van der Waals surface area contributed by atoms with Crippen LogP contribution in [0, 0.1) is 6.92 Å². The van der Waals surface area contributed by atoms with E-state index in [4.69, 9.17) is 4.84 Å². The van der Waals surface area contributed by atoms with Crippen LogP contribution in [0.1, 0.15) is 14.5 Å². The van der Waals surface area contributed by atoms with Gasteiger partial charge in [0.1, 0.15) is 12.7 Å². The van der Waals surface area contributed by atoms with Gasteiger partial charge >= 0.3 is 0 Å². The number of hydrogen-bond donors (Lipinski definition) is 1. The number of thiophene rings is 1. The van der Waals surface area contributed by atoms with Crippen molar-refractivity contribution in [3.8, 4) is 0 Å². The highest BCUT2D eigenvalue weighted by molar-refractivity contribution is 7.13. The fraction of sp³-hybridized carbons (Fsp3) is 0.444. The van der Waals surface area contributed by atoms with E-state index in [9.17, 15) is 9.90 Å². The molecule has 0 spiro atoms. The maximum atomic E-state index is 11.7. The fourth-order valence-corrected chi connectivity index (χ4v) is 2.09. The molecule has 2 heterocycles. The van der Waals surface area contributed by atoms with Crippen LogP contribution in [0.4, 0.5) is 0 Å². The predicted octanol–water partition coefficient (Wildman–Crippen LogP) is 0.805. The van der Waals surface area contributed by atoms with E-state index in [1.807, 2.05) is 13.0 Å². The van der Waals surface area contributed by atoms with Crippen molar-refractivity contribution in [3.05, 3.63) is 21.9 Å². The van der Waals surface area contributed by atoms with Gasteiger partial charge in [-0.3, -0.25) is 9.63 Å².